The number of nitrogens with one attached hydrogen (secondary N) is 2. The maximum atomic E-state index is 5.34. The highest BCUT2D eigenvalue weighted by atomic mass is 127. The Labute approximate surface area is 204 Å². The molecule has 3 aromatic rings. The smallest absolute Gasteiger partial charge is 0.216 e. The zero-order valence-corrected chi connectivity index (χ0v) is 20.8. The maximum absolute atomic E-state index is 5.34. The minimum atomic E-state index is 0. The highest BCUT2D eigenvalue weighted by Gasteiger charge is 2.24. The number of benzene rings is 1. The number of rotatable bonds is 8. The van der Waals surface area contributed by atoms with Gasteiger partial charge in [-0.05, 0) is 43.5 Å². The third kappa shape index (κ3) is 6.73. The van der Waals surface area contributed by atoms with Crippen molar-refractivity contribution < 1.29 is 4.42 Å². The summed E-state index contributed by atoms with van der Waals surface area (Å²) < 4.78 is 5.34. The molecule has 1 atom stereocenters. The number of hydrogen-bond acceptors (Lipinski definition) is 5. The predicted molar refractivity (Wildman–Crippen MR) is 136 cm³/mol. The van der Waals surface area contributed by atoms with E-state index in [1.807, 2.05) is 23.9 Å². The summed E-state index contributed by atoms with van der Waals surface area (Å²) in [5.41, 5.74) is 0. The van der Waals surface area contributed by atoms with E-state index in [2.05, 4.69) is 62.7 Å². The number of halogens is 1. The molecule has 1 saturated heterocycles. The Hall–Kier alpha value is -2.01. The molecule has 166 valence electrons. The highest BCUT2D eigenvalue weighted by molar-refractivity contribution is 14.0. The van der Waals surface area contributed by atoms with E-state index < -0.39 is 0 Å². The summed E-state index contributed by atoms with van der Waals surface area (Å²) in [5, 5.41) is 10.6. The van der Waals surface area contributed by atoms with Crippen molar-refractivity contribution in [3.05, 3.63) is 54.6 Å². The van der Waals surface area contributed by atoms with Crippen molar-refractivity contribution in [3.8, 4) is 11.6 Å². The van der Waals surface area contributed by atoms with Gasteiger partial charge in [-0.1, -0.05) is 18.2 Å². The van der Waals surface area contributed by atoms with Crippen LogP contribution < -0.4 is 5.32 Å². The van der Waals surface area contributed by atoms with Gasteiger partial charge in [0.1, 0.15) is 5.82 Å². The van der Waals surface area contributed by atoms with E-state index in [0.29, 0.717) is 30.5 Å². The number of thioether (sulfide) groups is 1. The van der Waals surface area contributed by atoms with Gasteiger partial charge in [-0.25, -0.2) is 4.98 Å². The molecule has 1 fully saturated rings. The first-order chi connectivity index (χ1) is 14.8. The molecular weight excluding hydrogens is 523 g/mol. The molecule has 9 heteroatoms. The first-order valence-corrected chi connectivity index (χ1v) is 11.5. The minimum Gasteiger partial charge on any atom is -0.461 e. The quantitative estimate of drug-likeness (QED) is 0.188. The van der Waals surface area contributed by atoms with Gasteiger partial charge in [0.25, 0.3) is 0 Å². The zero-order chi connectivity index (χ0) is 20.6. The second-order valence-corrected chi connectivity index (χ2v) is 8.39. The SMILES string of the molecule is CCNC(=NCCc1nc(-c2ccco2)n[nH]1)N1CCC(CSc2ccccc2)C1.I. The topological polar surface area (TPSA) is 82.3 Å². The Kier molecular flexibility index (Phi) is 9.26. The zero-order valence-electron chi connectivity index (χ0n) is 17.7. The van der Waals surface area contributed by atoms with Crippen LogP contribution in [-0.4, -0.2) is 58.0 Å². The van der Waals surface area contributed by atoms with Crippen molar-refractivity contribution in [2.45, 2.75) is 24.7 Å². The molecule has 0 spiro atoms. The number of hydrogen-bond donors (Lipinski definition) is 2. The molecule has 31 heavy (non-hydrogen) atoms. The first-order valence-electron chi connectivity index (χ1n) is 10.5. The molecule has 1 aliphatic heterocycles. The van der Waals surface area contributed by atoms with Crippen molar-refractivity contribution in [1.82, 2.24) is 25.4 Å². The molecule has 4 rings (SSSR count). The van der Waals surface area contributed by atoms with Gasteiger partial charge in [-0.15, -0.1) is 35.7 Å². The molecular formula is C22H29IN6OS. The van der Waals surface area contributed by atoms with Crippen molar-refractivity contribution in [2.75, 3.05) is 31.9 Å². The Bertz CT molecular complexity index is 931. The largest absolute Gasteiger partial charge is 0.461 e. The normalized spacial score (nSPS) is 16.4. The first kappa shape index (κ1) is 23.6. The number of H-pyrrole nitrogens is 1. The second-order valence-electron chi connectivity index (χ2n) is 7.29. The number of aliphatic imine (C=N–C) groups is 1. The third-order valence-electron chi connectivity index (χ3n) is 5.03. The number of aromatic nitrogens is 3. The van der Waals surface area contributed by atoms with E-state index in [9.17, 15) is 0 Å². The van der Waals surface area contributed by atoms with Gasteiger partial charge >= 0.3 is 0 Å². The molecule has 0 saturated carbocycles. The van der Waals surface area contributed by atoms with Crippen LogP contribution in [0, 0.1) is 5.92 Å². The van der Waals surface area contributed by atoms with E-state index in [0.717, 1.165) is 37.2 Å². The van der Waals surface area contributed by atoms with Gasteiger partial charge in [-0.3, -0.25) is 10.1 Å². The van der Waals surface area contributed by atoms with Crippen LogP contribution in [0.25, 0.3) is 11.6 Å². The van der Waals surface area contributed by atoms with Crippen LogP contribution in [0.2, 0.25) is 0 Å². The van der Waals surface area contributed by atoms with Gasteiger partial charge in [0.15, 0.2) is 11.7 Å². The summed E-state index contributed by atoms with van der Waals surface area (Å²) in [6, 6.07) is 14.3. The summed E-state index contributed by atoms with van der Waals surface area (Å²) in [7, 11) is 0. The molecule has 0 bridgehead atoms. The Morgan fingerprint density at radius 1 is 1.29 bits per heavy atom. The fraction of sp³-hybridized carbons (Fsp3) is 0.409. The van der Waals surface area contributed by atoms with Crippen LogP contribution in [0.3, 0.4) is 0 Å². The van der Waals surface area contributed by atoms with Crippen LogP contribution >= 0.6 is 35.7 Å². The highest BCUT2D eigenvalue weighted by Crippen LogP contribution is 2.25. The summed E-state index contributed by atoms with van der Waals surface area (Å²) in [5.74, 6) is 4.90. The number of furan rings is 1. The Morgan fingerprint density at radius 2 is 2.16 bits per heavy atom. The Balaban J connectivity index is 0.00000272. The number of guanidine groups is 1. The lowest BCUT2D eigenvalue weighted by Gasteiger charge is -2.21. The Morgan fingerprint density at radius 3 is 2.94 bits per heavy atom. The lowest BCUT2D eigenvalue weighted by Crippen LogP contribution is -2.40. The van der Waals surface area contributed by atoms with Gasteiger partial charge < -0.3 is 14.6 Å². The minimum absolute atomic E-state index is 0. The standard InChI is InChI=1S/C22H28N6OS.HI/c1-2-23-22(24-12-10-20-25-21(27-26-20)19-9-6-14-29-19)28-13-11-17(15-28)16-30-18-7-4-3-5-8-18;/h3-9,14,17H,2,10-13,15-16H2,1H3,(H,23,24)(H,25,26,27);1H. The van der Waals surface area contributed by atoms with Gasteiger partial charge in [0.05, 0.1) is 6.26 Å². The molecule has 0 radical (unpaired) electrons. The van der Waals surface area contributed by atoms with E-state index >= 15 is 0 Å². The summed E-state index contributed by atoms with van der Waals surface area (Å²) >= 11 is 1.95. The van der Waals surface area contributed by atoms with E-state index in [-0.39, 0.29) is 24.0 Å². The molecule has 3 heterocycles. The number of aromatic amines is 1. The van der Waals surface area contributed by atoms with Crippen LogP contribution in [0.5, 0.6) is 0 Å². The summed E-state index contributed by atoms with van der Waals surface area (Å²) in [6.45, 7) is 5.74. The second kappa shape index (κ2) is 12.1. The fourth-order valence-electron chi connectivity index (χ4n) is 3.51. The maximum Gasteiger partial charge on any atom is 0.216 e. The van der Waals surface area contributed by atoms with E-state index in [1.165, 1.54) is 11.3 Å². The molecule has 2 N–H and O–H groups in total. The lowest BCUT2D eigenvalue weighted by molar-refractivity contribution is 0.474. The van der Waals surface area contributed by atoms with Crippen molar-refractivity contribution in [2.24, 2.45) is 10.9 Å². The molecule has 0 aliphatic carbocycles. The van der Waals surface area contributed by atoms with Gasteiger partial charge in [0, 0.05) is 43.2 Å². The lowest BCUT2D eigenvalue weighted by atomic mass is 10.2. The third-order valence-corrected chi connectivity index (χ3v) is 6.28. The van der Waals surface area contributed by atoms with Crippen molar-refractivity contribution >= 4 is 41.7 Å². The van der Waals surface area contributed by atoms with Gasteiger partial charge in [-0.2, -0.15) is 5.10 Å². The van der Waals surface area contributed by atoms with Crippen LogP contribution in [0.15, 0.2) is 63.0 Å². The molecule has 7 nitrogen and oxygen atoms in total. The van der Waals surface area contributed by atoms with Crippen molar-refractivity contribution in [3.63, 3.8) is 0 Å². The molecule has 2 aromatic heterocycles. The van der Waals surface area contributed by atoms with E-state index in [4.69, 9.17) is 9.41 Å². The summed E-state index contributed by atoms with van der Waals surface area (Å²) in [4.78, 5) is 13.0. The summed E-state index contributed by atoms with van der Waals surface area (Å²) in [6.07, 6.45) is 3.54. The average Bonchev–Trinajstić information content (AvgIpc) is 3.54. The molecule has 1 aliphatic rings. The molecule has 0 amide bonds. The van der Waals surface area contributed by atoms with Crippen LogP contribution in [-0.2, 0) is 6.42 Å². The monoisotopic (exact) mass is 552 g/mol. The van der Waals surface area contributed by atoms with Crippen molar-refractivity contribution in [1.29, 1.82) is 0 Å². The molecule has 1 unspecified atom stereocenters. The fourth-order valence-corrected chi connectivity index (χ4v) is 4.56. The average molecular weight is 552 g/mol. The number of nitrogens with zero attached hydrogens (tertiary/aromatic N) is 4. The van der Waals surface area contributed by atoms with E-state index in [1.54, 1.807) is 6.26 Å². The molecule has 1 aromatic carbocycles. The number of likely N-dealkylation sites (tertiary alicyclic amines) is 1. The van der Waals surface area contributed by atoms with Gasteiger partial charge in [0.2, 0.25) is 5.82 Å². The predicted octanol–water partition coefficient (Wildman–Crippen LogP) is 4.30. The van der Waals surface area contributed by atoms with Crippen LogP contribution in [0.4, 0.5) is 0 Å². The van der Waals surface area contributed by atoms with Crippen LogP contribution in [0.1, 0.15) is 19.2 Å².